The van der Waals surface area contributed by atoms with Gasteiger partial charge in [-0.3, -0.25) is 9.59 Å². The van der Waals surface area contributed by atoms with Crippen molar-refractivity contribution >= 4 is 51.7 Å². The number of benzene rings is 3. The lowest BCUT2D eigenvalue weighted by atomic mass is 9.98. The highest BCUT2D eigenvalue weighted by Gasteiger charge is 2.39. The Kier molecular flexibility index (Phi) is 7.67. The number of halogens is 1. The monoisotopic (exact) mass is 548 g/mol. The molecule has 0 bridgehead atoms. The van der Waals surface area contributed by atoms with Crippen LogP contribution in [0, 0.1) is 0 Å². The number of amides is 2. The van der Waals surface area contributed by atoms with E-state index in [4.69, 9.17) is 26.2 Å². The molecular formula is C28H25ClN4O4S. The van der Waals surface area contributed by atoms with E-state index in [1.807, 2.05) is 48.5 Å². The first-order valence-electron chi connectivity index (χ1n) is 11.9. The number of anilines is 1. The first-order valence-corrected chi connectivity index (χ1v) is 13.2. The summed E-state index contributed by atoms with van der Waals surface area (Å²) in [6.45, 7) is 0. The van der Waals surface area contributed by atoms with E-state index in [9.17, 15) is 9.59 Å². The summed E-state index contributed by atoms with van der Waals surface area (Å²) >= 11 is 7.17. The first-order chi connectivity index (χ1) is 18.4. The van der Waals surface area contributed by atoms with Crippen molar-refractivity contribution in [3.8, 4) is 11.5 Å². The number of thioether (sulfide) groups is 1. The van der Waals surface area contributed by atoms with E-state index in [-0.39, 0.29) is 24.3 Å². The number of carbonyl (C=O) groups is 2. The number of aliphatic imine (C=N–C) groups is 1. The lowest BCUT2D eigenvalue weighted by molar-refractivity contribution is -0.121. The Morgan fingerprint density at radius 2 is 1.63 bits per heavy atom. The predicted octanol–water partition coefficient (Wildman–Crippen LogP) is 5.54. The average Bonchev–Trinajstić information content (AvgIpc) is 3.54. The van der Waals surface area contributed by atoms with E-state index in [1.165, 1.54) is 11.8 Å². The fraction of sp³-hybridized carbons (Fsp3) is 0.214. The van der Waals surface area contributed by atoms with E-state index in [1.54, 1.807) is 43.5 Å². The van der Waals surface area contributed by atoms with Crippen LogP contribution in [0.3, 0.4) is 0 Å². The van der Waals surface area contributed by atoms with Crippen LogP contribution >= 0.6 is 23.4 Å². The van der Waals surface area contributed by atoms with Gasteiger partial charge in [-0.1, -0.05) is 35.5 Å². The summed E-state index contributed by atoms with van der Waals surface area (Å²) in [4.78, 5) is 29.8. The van der Waals surface area contributed by atoms with Crippen molar-refractivity contribution in [3.63, 3.8) is 0 Å². The summed E-state index contributed by atoms with van der Waals surface area (Å²) in [6, 6.07) is 22.1. The highest BCUT2D eigenvalue weighted by molar-refractivity contribution is 8.15. The third-order valence-corrected chi connectivity index (χ3v) is 7.65. The lowest BCUT2D eigenvalue weighted by Crippen LogP contribution is -2.25. The molecule has 2 aliphatic heterocycles. The smallest absolute Gasteiger partial charge is 0.262 e. The maximum absolute atomic E-state index is 12.8. The van der Waals surface area contributed by atoms with E-state index in [0.717, 1.165) is 28.3 Å². The van der Waals surface area contributed by atoms with Gasteiger partial charge in [0.15, 0.2) is 5.17 Å². The zero-order valence-electron chi connectivity index (χ0n) is 20.8. The largest absolute Gasteiger partial charge is 0.497 e. The van der Waals surface area contributed by atoms with Crippen LogP contribution in [0.4, 0.5) is 5.69 Å². The normalized spacial score (nSPS) is 18.7. The van der Waals surface area contributed by atoms with E-state index in [2.05, 4.69) is 10.3 Å². The number of hydrogen-bond acceptors (Lipinski definition) is 7. The van der Waals surface area contributed by atoms with E-state index in [0.29, 0.717) is 22.3 Å². The Morgan fingerprint density at radius 3 is 2.26 bits per heavy atom. The van der Waals surface area contributed by atoms with Gasteiger partial charge in [-0.15, -0.1) is 0 Å². The van der Waals surface area contributed by atoms with Crippen LogP contribution in [-0.4, -0.2) is 47.2 Å². The molecule has 5 rings (SSSR count). The minimum atomic E-state index is -0.631. The molecule has 1 N–H and O–H groups in total. The molecule has 3 aromatic carbocycles. The second-order valence-corrected chi connectivity index (χ2v) is 10.3. The van der Waals surface area contributed by atoms with Gasteiger partial charge in [0.2, 0.25) is 5.91 Å². The van der Waals surface area contributed by atoms with Crippen molar-refractivity contribution in [2.45, 2.75) is 24.1 Å². The minimum absolute atomic E-state index is 0.00474. The molecule has 194 valence electrons. The zero-order valence-corrected chi connectivity index (χ0v) is 22.3. The molecule has 3 aromatic rings. The van der Waals surface area contributed by atoms with Crippen LogP contribution in [-0.2, 0) is 9.59 Å². The van der Waals surface area contributed by atoms with Gasteiger partial charge >= 0.3 is 0 Å². The summed E-state index contributed by atoms with van der Waals surface area (Å²) in [5, 5.41) is 9.90. The Labute approximate surface area is 229 Å². The van der Waals surface area contributed by atoms with Crippen molar-refractivity contribution < 1.29 is 19.1 Å². The number of amidine groups is 1. The number of nitrogens with one attached hydrogen (secondary N) is 1. The maximum Gasteiger partial charge on any atom is 0.262 e. The number of nitrogens with zero attached hydrogens (tertiary/aromatic N) is 3. The molecule has 0 spiro atoms. The number of ether oxygens (including phenoxy) is 2. The topological polar surface area (TPSA) is 92.6 Å². The lowest BCUT2D eigenvalue weighted by Gasteiger charge is -2.23. The van der Waals surface area contributed by atoms with Gasteiger partial charge in [0.05, 0.1) is 26.0 Å². The molecule has 10 heteroatoms. The second-order valence-electron chi connectivity index (χ2n) is 8.71. The molecule has 38 heavy (non-hydrogen) atoms. The number of carbonyl (C=O) groups excluding carboxylic acids is 2. The summed E-state index contributed by atoms with van der Waals surface area (Å²) < 4.78 is 10.6. The molecule has 0 saturated heterocycles. The van der Waals surface area contributed by atoms with Crippen LogP contribution in [0.1, 0.15) is 30.0 Å². The van der Waals surface area contributed by atoms with Crippen molar-refractivity contribution in [1.29, 1.82) is 0 Å². The van der Waals surface area contributed by atoms with Gasteiger partial charge < -0.3 is 14.8 Å². The third-order valence-electron chi connectivity index (χ3n) is 6.26. The molecule has 2 amide bonds. The van der Waals surface area contributed by atoms with Gasteiger partial charge in [0.25, 0.3) is 5.91 Å². The molecule has 0 radical (unpaired) electrons. The molecule has 8 nitrogen and oxygen atoms in total. The maximum atomic E-state index is 12.8. The molecule has 2 aliphatic rings. The Hall–Kier alpha value is -3.82. The first kappa shape index (κ1) is 25.8. The van der Waals surface area contributed by atoms with Gasteiger partial charge in [-0.2, -0.15) is 10.1 Å². The Balaban J connectivity index is 1.35. The zero-order chi connectivity index (χ0) is 26.6. The molecule has 0 aliphatic carbocycles. The number of rotatable bonds is 7. The van der Waals surface area contributed by atoms with Crippen LogP contribution in [0.5, 0.6) is 11.5 Å². The molecule has 0 fully saturated rings. The number of methoxy groups -OCH3 is 2. The fourth-order valence-corrected chi connectivity index (χ4v) is 5.44. The fourth-order valence-electron chi connectivity index (χ4n) is 4.25. The van der Waals surface area contributed by atoms with Gasteiger partial charge in [0, 0.05) is 23.6 Å². The molecule has 2 heterocycles. The average molecular weight is 549 g/mol. The SMILES string of the molecule is COc1ccc(C2=NN(C3=NC(=O)[C@@H](CC(=O)Nc4ccc(Cl)cc4)S3)[C@H](c3ccc(OC)cc3)C2)cc1. The Bertz CT molecular complexity index is 1390. The summed E-state index contributed by atoms with van der Waals surface area (Å²) in [6.07, 6.45) is 0.614. The molecule has 2 atom stereocenters. The molecule has 0 unspecified atom stereocenters. The van der Waals surface area contributed by atoms with Crippen molar-refractivity contribution in [2.75, 3.05) is 19.5 Å². The highest BCUT2D eigenvalue weighted by Crippen LogP contribution is 2.39. The quantitative estimate of drug-likeness (QED) is 0.417. The predicted molar refractivity (Wildman–Crippen MR) is 150 cm³/mol. The van der Waals surface area contributed by atoms with E-state index < -0.39 is 5.25 Å². The van der Waals surface area contributed by atoms with Crippen molar-refractivity contribution in [3.05, 3.63) is 88.9 Å². The standard InChI is InChI=1S/C28H25ClN4O4S/c1-36-21-11-3-17(4-12-21)23-15-24(18-5-13-22(37-2)14-6-18)33(32-23)28-31-27(35)25(38-28)16-26(34)30-20-9-7-19(29)8-10-20/h3-14,24-25H,15-16H2,1-2H3,(H,30,34)/t24-,25+/m0/s1. The Morgan fingerprint density at radius 1 is 1.00 bits per heavy atom. The second kappa shape index (κ2) is 11.3. The highest BCUT2D eigenvalue weighted by atomic mass is 35.5. The van der Waals surface area contributed by atoms with Gasteiger partial charge in [-0.05, 0) is 71.8 Å². The summed E-state index contributed by atoms with van der Waals surface area (Å²) in [7, 11) is 3.25. The van der Waals surface area contributed by atoms with Gasteiger partial charge in [0.1, 0.15) is 16.7 Å². The van der Waals surface area contributed by atoms with Crippen LogP contribution in [0.2, 0.25) is 5.02 Å². The number of hydrogen-bond donors (Lipinski definition) is 1. The summed E-state index contributed by atoms with van der Waals surface area (Å²) in [5.41, 5.74) is 3.45. The number of hydrazone groups is 1. The van der Waals surface area contributed by atoms with E-state index >= 15 is 0 Å². The minimum Gasteiger partial charge on any atom is -0.497 e. The van der Waals surface area contributed by atoms with Crippen molar-refractivity contribution in [2.24, 2.45) is 10.1 Å². The molecule has 0 aromatic heterocycles. The summed E-state index contributed by atoms with van der Waals surface area (Å²) in [5.74, 6) is 0.893. The van der Waals surface area contributed by atoms with Crippen LogP contribution in [0.25, 0.3) is 0 Å². The van der Waals surface area contributed by atoms with Crippen molar-refractivity contribution in [1.82, 2.24) is 5.01 Å². The van der Waals surface area contributed by atoms with Crippen LogP contribution in [0.15, 0.2) is 82.9 Å². The van der Waals surface area contributed by atoms with Gasteiger partial charge in [-0.25, -0.2) is 5.01 Å². The van der Waals surface area contributed by atoms with Crippen LogP contribution < -0.4 is 14.8 Å². The molecule has 0 saturated carbocycles. The molecular weight excluding hydrogens is 524 g/mol. The third kappa shape index (κ3) is 5.69.